The SMILES string of the molecule is CN(C)Cc1ccccc1NC(=O)c1nn(-c2ccccc2)c2c1CCC2. The Kier molecular flexibility index (Phi) is 4.77. The number of hydrogen-bond acceptors (Lipinski definition) is 3. The zero-order chi connectivity index (χ0) is 18.8. The van der Waals surface area contributed by atoms with Crippen molar-refractivity contribution >= 4 is 11.6 Å². The van der Waals surface area contributed by atoms with E-state index in [9.17, 15) is 4.79 Å². The van der Waals surface area contributed by atoms with E-state index in [-0.39, 0.29) is 5.91 Å². The largest absolute Gasteiger partial charge is 0.320 e. The average molecular weight is 360 g/mol. The van der Waals surface area contributed by atoms with Gasteiger partial charge >= 0.3 is 0 Å². The molecule has 0 unspecified atom stereocenters. The van der Waals surface area contributed by atoms with Crippen molar-refractivity contribution < 1.29 is 4.79 Å². The Morgan fingerprint density at radius 2 is 1.81 bits per heavy atom. The topological polar surface area (TPSA) is 50.2 Å². The molecule has 0 fully saturated rings. The van der Waals surface area contributed by atoms with Gasteiger partial charge in [0.2, 0.25) is 0 Å². The Bertz CT molecular complexity index is 960. The third-order valence-electron chi connectivity index (χ3n) is 4.90. The third kappa shape index (κ3) is 3.51. The molecule has 0 spiro atoms. The van der Waals surface area contributed by atoms with Crippen LogP contribution in [0.2, 0.25) is 0 Å². The van der Waals surface area contributed by atoms with Gasteiger partial charge in [-0.15, -0.1) is 0 Å². The first-order chi connectivity index (χ1) is 13.1. The smallest absolute Gasteiger partial charge is 0.276 e. The molecular formula is C22H24N4O. The van der Waals surface area contributed by atoms with Crippen molar-refractivity contribution in [3.05, 3.63) is 77.1 Å². The third-order valence-corrected chi connectivity index (χ3v) is 4.90. The van der Waals surface area contributed by atoms with Gasteiger partial charge in [-0.05, 0) is 57.1 Å². The summed E-state index contributed by atoms with van der Waals surface area (Å²) in [5.41, 5.74) is 5.73. The quantitative estimate of drug-likeness (QED) is 0.755. The summed E-state index contributed by atoms with van der Waals surface area (Å²) in [4.78, 5) is 15.1. The Morgan fingerprint density at radius 1 is 1.07 bits per heavy atom. The predicted molar refractivity (Wildman–Crippen MR) is 107 cm³/mol. The molecular weight excluding hydrogens is 336 g/mol. The van der Waals surface area contributed by atoms with Crippen LogP contribution in [0.5, 0.6) is 0 Å². The van der Waals surface area contributed by atoms with Crippen LogP contribution in [0.4, 0.5) is 5.69 Å². The van der Waals surface area contributed by atoms with E-state index in [1.807, 2.05) is 73.4 Å². The maximum absolute atomic E-state index is 13.1. The first-order valence-corrected chi connectivity index (χ1v) is 9.33. The lowest BCUT2D eigenvalue weighted by Crippen LogP contribution is -2.18. The summed E-state index contributed by atoms with van der Waals surface area (Å²) < 4.78 is 1.93. The lowest BCUT2D eigenvalue weighted by molar-refractivity contribution is 0.102. The normalized spacial score (nSPS) is 13.0. The number of benzene rings is 2. The zero-order valence-corrected chi connectivity index (χ0v) is 15.8. The van der Waals surface area contributed by atoms with Gasteiger partial charge in [0, 0.05) is 23.5 Å². The monoisotopic (exact) mass is 360 g/mol. The fraction of sp³-hybridized carbons (Fsp3) is 0.273. The van der Waals surface area contributed by atoms with E-state index in [1.165, 1.54) is 0 Å². The Morgan fingerprint density at radius 3 is 2.59 bits per heavy atom. The lowest BCUT2D eigenvalue weighted by Gasteiger charge is -2.14. The van der Waals surface area contributed by atoms with Gasteiger partial charge in [0.05, 0.1) is 5.69 Å². The average Bonchev–Trinajstić information content (AvgIpc) is 3.26. The number of fused-ring (bicyclic) bond motifs is 1. The van der Waals surface area contributed by atoms with Crippen LogP contribution < -0.4 is 5.32 Å². The fourth-order valence-electron chi connectivity index (χ4n) is 3.70. The molecule has 1 aliphatic carbocycles. The number of nitrogens with zero attached hydrogens (tertiary/aromatic N) is 3. The molecule has 1 heterocycles. The lowest BCUT2D eigenvalue weighted by atomic mass is 10.1. The highest BCUT2D eigenvalue weighted by molar-refractivity contribution is 6.04. The van der Waals surface area contributed by atoms with E-state index in [0.717, 1.165) is 54.0 Å². The van der Waals surface area contributed by atoms with Crippen molar-refractivity contribution in [1.29, 1.82) is 0 Å². The van der Waals surface area contributed by atoms with Crippen LogP contribution in [0.1, 0.15) is 33.7 Å². The van der Waals surface area contributed by atoms with Gasteiger partial charge in [-0.2, -0.15) is 5.10 Å². The molecule has 0 radical (unpaired) electrons. The van der Waals surface area contributed by atoms with Crippen molar-refractivity contribution in [1.82, 2.24) is 14.7 Å². The van der Waals surface area contributed by atoms with E-state index in [1.54, 1.807) is 0 Å². The van der Waals surface area contributed by atoms with Crippen LogP contribution >= 0.6 is 0 Å². The van der Waals surface area contributed by atoms with Crippen LogP contribution in [0, 0.1) is 0 Å². The standard InChI is InChI=1S/C22H24N4O/c1-25(2)15-16-9-6-7-13-19(16)23-22(27)21-18-12-8-14-20(18)26(24-21)17-10-4-3-5-11-17/h3-7,9-11,13H,8,12,14-15H2,1-2H3,(H,23,27). The van der Waals surface area contributed by atoms with E-state index >= 15 is 0 Å². The van der Waals surface area contributed by atoms with Crippen LogP contribution in [-0.4, -0.2) is 34.7 Å². The van der Waals surface area contributed by atoms with E-state index in [2.05, 4.69) is 15.3 Å². The van der Waals surface area contributed by atoms with Crippen molar-refractivity contribution in [3.63, 3.8) is 0 Å². The van der Waals surface area contributed by atoms with Crippen LogP contribution in [0.25, 0.3) is 5.69 Å². The molecule has 1 aromatic heterocycles. The summed E-state index contributed by atoms with van der Waals surface area (Å²) in [7, 11) is 4.04. The van der Waals surface area contributed by atoms with E-state index < -0.39 is 0 Å². The van der Waals surface area contributed by atoms with Crippen LogP contribution in [0.3, 0.4) is 0 Å². The number of carbonyl (C=O) groups is 1. The second-order valence-corrected chi connectivity index (χ2v) is 7.22. The van der Waals surface area contributed by atoms with Crippen molar-refractivity contribution in [2.45, 2.75) is 25.8 Å². The number of amides is 1. The van der Waals surface area contributed by atoms with Gasteiger partial charge in [0.1, 0.15) is 0 Å². The van der Waals surface area contributed by atoms with Gasteiger partial charge < -0.3 is 10.2 Å². The molecule has 1 N–H and O–H groups in total. The molecule has 2 aromatic carbocycles. The van der Waals surface area contributed by atoms with Gasteiger partial charge in [-0.1, -0.05) is 36.4 Å². The number of hydrogen-bond donors (Lipinski definition) is 1. The highest BCUT2D eigenvalue weighted by Gasteiger charge is 2.27. The minimum atomic E-state index is -0.131. The van der Waals surface area contributed by atoms with Crippen LogP contribution in [-0.2, 0) is 19.4 Å². The molecule has 138 valence electrons. The molecule has 0 saturated heterocycles. The minimum Gasteiger partial charge on any atom is -0.320 e. The number of nitrogens with one attached hydrogen (secondary N) is 1. The summed E-state index contributed by atoms with van der Waals surface area (Å²) in [6.45, 7) is 0.771. The maximum Gasteiger partial charge on any atom is 0.276 e. The van der Waals surface area contributed by atoms with Gasteiger partial charge in [-0.3, -0.25) is 4.79 Å². The molecule has 4 rings (SSSR count). The van der Waals surface area contributed by atoms with Gasteiger partial charge in [-0.25, -0.2) is 4.68 Å². The number of para-hydroxylation sites is 2. The summed E-state index contributed by atoms with van der Waals surface area (Å²) in [5, 5.41) is 7.77. The number of carbonyl (C=O) groups excluding carboxylic acids is 1. The second-order valence-electron chi connectivity index (χ2n) is 7.22. The first-order valence-electron chi connectivity index (χ1n) is 9.33. The second kappa shape index (κ2) is 7.37. The molecule has 3 aromatic rings. The highest BCUT2D eigenvalue weighted by atomic mass is 16.2. The number of aromatic nitrogens is 2. The molecule has 1 amide bonds. The summed E-state index contributed by atoms with van der Waals surface area (Å²) in [5.74, 6) is -0.131. The van der Waals surface area contributed by atoms with Gasteiger partial charge in [0.15, 0.2) is 5.69 Å². The minimum absolute atomic E-state index is 0.131. The van der Waals surface area contributed by atoms with E-state index in [4.69, 9.17) is 0 Å². The fourth-order valence-corrected chi connectivity index (χ4v) is 3.70. The summed E-state index contributed by atoms with van der Waals surface area (Å²) in [6, 6.07) is 18.0. The molecule has 27 heavy (non-hydrogen) atoms. The first kappa shape index (κ1) is 17.5. The predicted octanol–water partition coefficient (Wildman–Crippen LogP) is 3.67. The van der Waals surface area contributed by atoms with Crippen LogP contribution in [0.15, 0.2) is 54.6 Å². The molecule has 1 aliphatic rings. The molecule has 0 bridgehead atoms. The van der Waals surface area contributed by atoms with Crippen molar-refractivity contribution in [2.75, 3.05) is 19.4 Å². The Labute approximate surface area is 159 Å². The molecule has 0 atom stereocenters. The maximum atomic E-state index is 13.1. The van der Waals surface area contributed by atoms with Crippen molar-refractivity contribution in [2.24, 2.45) is 0 Å². The number of rotatable bonds is 5. The molecule has 5 heteroatoms. The Hall–Kier alpha value is -2.92. The molecule has 0 saturated carbocycles. The highest BCUT2D eigenvalue weighted by Crippen LogP contribution is 2.28. The Balaban J connectivity index is 1.66. The summed E-state index contributed by atoms with van der Waals surface area (Å²) >= 11 is 0. The number of anilines is 1. The molecule has 5 nitrogen and oxygen atoms in total. The van der Waals surface area contributed by atoms with E-state index in [0.29, 0.717) is 5.69 Å². The van der Waals surface area contributed by atoms with Crippen molar-refractivity contribution in [3.8, 4) is 5.69 Å². The molecule has 0 aliphatic heterocycles. The zero-order valence-electron chi connectivity index (χ0n) is 15.8. The summed E-state index contributed by atoms with van der Waals surface area (Å²) in [6.07, 6.45) is 2.93. The van der Waals surface area contributed by atoms with Gasteiger partial charge in [0.25, 0.3) is 5.91 Å².